The van der Waals surface area contributed by atoms with Crippen LogP contribution in [0.1, 0.15) is 0 Å². The summed E-state index contributed by atoms with van der Waals surface area (Å²) in [5.41, 5.74) is 0.932. The molecule has 0 spiro atoms. The number of hydrogen-bond donors (Lipinski definition) is 2. The maximum absolute atomic E-state index is 5.18. The highest BCUT2D eigenvalue weighted by atomic mass is 79.9. The molecule has 0 aliphatic carbocycles. The predicted octanol–water partition coefficient (Wildman–Crippen LogP) is 2.99. The highest BCUT2D eigenvalue weighted by molar-refractivity contribution is 9.10. The van der Waals surface area contributed by atoms with Gasteiger partial charge in [0.25, 0.3) is 0 Å². The molecule has 1 aromatic heterocycles. The maximum Gasteiger partial charge on any atom is 0.176 e. The average Bonchev–Trinajstić information content (AvgIpc) is 2.67. The molecule has 0 atom stereocenters. The van der Waals surface area contributed by atoms with Crippen LogP contribution < -0.4 is 10.6 Å². The Bertz CT molecular complexity index is 521. The summed E-state index contributed by atoms with van der Waals surface area (Å²) in [7, 11) is 1.86. The van der Waals surface area contributed by atoms with Gasteiger partial charge in [0.2, 0.25) is 0 Å². The van der Waals surface area contributed by atoms with E-state index >= 15 is 0 Å². The molecule has 0 fully saturated rings. The van der Waals surface area contributed by atoms with Gasteiger partial charge in [-0.3, -0.25) is 4.68 Å². The second kappa shape index (κ2) is 5.29. The van der Waals surface area contributed by atoms with Crippen molar-refractivity contribution in [2.45, 2.75) is 0 Å². The van der Waals surface area contributed by atoms with Crippen LogP contribution >= 0.6 is 28.1 Å². The molecule has 88 valence electrons. The van der Waals surface area contributed by atoms with Crippen molar-refractivity contribution in [2.24, 2.45) is 7.05 Å². The molecule has 0 saturated heterocycles. The number of nitrogens with one attached hydrogen (secondary N) is 2. The van der Waals surface area contributed by atoms with Crippen LogP contribution in [0.25, 0.3) is 0 Å². The molecule has 0 saturated carbocycles. The first-order valence-corrected chi connectivity index (χ1v) is 6.17. The van der Waals surface area contributed by atoms with Crippen LogP contribution in [-0.4, -0.2) is 14.9 Å². The third kappa shape index (κ3) is 3.54. The van der Waals surface area contributed by atoms with Crippen LogP contribution in [-0.2, 0) is 7.05 Å². The van der Waals surface area contributed by atoms with Gasteiger partial charge in [0.15, 0.2) is 10.9 Å². The van der Waals surface area contributed by atoms with Gasteiger partial charge < -0.3 is 10.6 Å². The first-order chi connectivity index (χ1) is 8.13. The van der Waals surface area contributed by atoms with Crippen LogP contribution in [0.15, 0.2) is 41.0 Å². The van der Waals surface area contributed by atoms with Crippen LogP contribution in [0.2, 0.25) is 0 Å². The summed E-state index contributed by atoms with van der Waals surface area (Å²) in [5.74, 6) is 0.724. The lowest BCUT2D eigenvalue weighted by molar-refractivity contribution is 0.772. The number of thiocarbonyl (C=S) groups is 1. The van der Waals surface area contributed by atoms with Crippen molar-refractivity contribution >= 4 is 44.8 Å². The summed E-state index contributed by atoms with van der Waals surface area (Å²) in [4.78, 5) is 0. The number of aryl methyl sites for hydroxylation is 1. The highest BCUT2D eigenvalue weighted by Crippen LogP contribution is 2.14. The normalized spacial score (nSPS) is 10.0. The topological polar surface area (TPSA) is 41.9 Å². The zero-order valence-corrected chi connectivity index (χ0v) is 11.5. The van der Waals surface area contributed by atoms with E-state index in [1.54, 1.807) is 4.68 Å². The van der Waals surface area contributed by atoms with Gasteiger partial charge in [0.1, 0.15) is 0 Å². The molecule has 0 aliphatic heterocycles. The van der Waals surface area contributed by atoms with Crippen molar-refractivity contribution in [1.82, 2.24) is 9.78 Å². The molecule has 0 bridgehead atoms. The van der Waals surface area contributed by atoms with Crippen molar-refractivity contribution in [3.05, 3.63) is 41.0 Å². The van der Waals surface area contributed by atoms with E-state index in [1.807, 2.05) is 43.6 Å². The van der Waals surface area contributed by atoms with Gasteiger partial charge in [-0.1, -0.05) is 15.9 Å². The van der Waals surface area contributed by atoms with Crippen LogP contribution in [0, 0.1) is 0 Å². The summed E-state index contributed by atoms with van der Waals surface area (Å²) in [6.07, 6.45) is 1.85. The number of anilines is 2. The Morgan fingerprint density at radius 3 is 2.53 bits per heavy atom. The lowest BCUT2D eigenvalue weighted by Crippen LogP contribution is -2.19. The fourth-order valence-electron chi connectivity index (χ4n) is 1.29. The smallest absolute Gasteiger partial charge is 0.176 e. The molecule has 0 aliphatic rings. The monoisotopic (exact) mass is 310 g/mol. The Kier molecular flexibility index (Phi) is 3.75. The van der Waals surface area contributed by atoms with E-state index in [9.17, 15) is 0 Å². The van der Waals surface area contributed by atoms with Gasteiger partial charge in [-0.2, -0.15) is 5.10 Å². The maximum atomic E-state index is 5.18. The van der Waals surface area contributed by atoms with Crippen molar-refractivity contribution < 1.29 is 0 Å². The van der Waals surface area contributed by atoms with Gasteiger partial charge >= 0.3 is 0 Å². The van der Waals surface area contributed by atoms with Crippen LogP contribution in [0.5, 0.6) is 0 Å². The molecule has 0 radical (unpaired) electrons. The van der Waals surface area contributed by atoms with Gasteiger partial charge in [-0.25, -0.2) is 0 Å². The van der Waals surface area contributed by atoms with E-state index in [4.69, 9.17) is 12.2 Å². The SMILES string of the molecule is Cn1ccc(NC(=S)Nc2ccc(Br)cc2)n1. The van der Waals surface area contributed by atoms with Crippen LogP contribution in [0.4, 0.5) is 11.5 Å². The average molecular weight is 311 g/mol. The quantitative estimate of drug-likeness (QED) is 0.837. The summed E-state index contributed by atoms with van der Waals surface area (Å²) in [5, 5.41) is 10.8. The molecule has 1 heterocycles. The van der Waals surface area contributed by atoms with E-state index in [2.05, 4.69) is 31.7 Å². The zero-order chi connectivity index (χ0) is 12.3. The molecule has 2 aromatic rings. The van der Waals surface area contributed by atoms with E-state index in [1.165, 1.54) is 0 Å². The predicted molar refractivity (Wildman–Crippen MR) is 77.2 cm³/mol. The second-order valence-electron chi connectivity index (χ2n) is 3.46. The van der Waals surface area contributed by atoms with Gasteiger partial charge in [0, 0.05) is 29.5 Å². The number of aromatic nitrogens is 2. The minimum absolute atomic E-state index is 0.519. The zero-order valence-electron chi connectivity index (χ0n) is 9.14. The number of hydrogen-bond acceptors (Lipinski definition) is 2. The molecule has 6 heteroatoms. The third-order valence-electron chi connectivity index (χ3n) is 2.06. The molecule has 0 amide bonds. The molecular weight excluding hydrogens is 300 g/mol. The number of halogens is 1. The third-order valence-corrected chi connectivity index (χ3v) is 2.79. The molecule has 0 unspecified atom stereocenters. The lowest BCUT2D eigenvalue weighted by Gasteiger charge is -2.08. The Labute approximate surface area is 113 Å². The summed E-state index contributed by atoms with van der Waals surface area (Å²) < 4.78 is 2.75. The minimum Gasteiger partial charge on any atom is -0.332 e. The number of benzene rings is 1. The van der Waals surface area contributed by atoms with Crippen molar-refractivity contribution in [2.75, 3.05) is 10.6 Å². The second-order valence-corrected chi connectivity index (χ2v) is 4.78. The highest BCUT2D eigenvalue weighted by Gasteiger charge is 2.00. The van der Waals surface area contributed by atoms with E-state index in [-0.39, 0.29) is 0 Å². The van der Waals surface area contributed by atoms with E-state index in [0.29, 0.717) is 5.11 Å². The van der Waals surface area contributed by atoms with Gasteiger partial charge in [-0.15, -0.1) is 0 Å². The van der Waals surface area contributed by atoms with E-state index < -0.39 is 0 Å². The first-order valence-electron chi connectivity index (χ1n) is 4.97. The fourth-order valence-corrected chi connectivity index (χ4v) is 1.78. The molecule has 1 aromatic carbocycles. The molecular formula is C11H11BrN4S. The summed E-state index contributed by atoms with van der Waals surface area (Å²) >= 11 is 8.56. The van der Waals surface area contributed by atoms with Gasteiger partial charge in [0.05, 0.1) is 0 Å². The summed E-state index contributed by atoms with van der Waals surface area (Å²) in [6, 6.07) is 9.64. The standard InChI is InChI=1S/C11H11BrN4S/c1-16-7-6-10(15-16)14-11(17)13-9-4-2-8(12)3-5-9/h2-7H,1H3,(H2,13,14,15,17). The Balaban J connectivity index is 1.95. The molecule has 4 nitrogen and oxygen atoms in total. The molecule has 17 heavy (non-hydrogen) atoms. The Morgan fingerprint density at radius 1 is 1.24 bits per heavy atom. The van der Waals surface area contributed by atoms with Crippen LogP contribution in [0.3, 0.4) is 0 Å². The largest absolute Gasteiger partial charge is 0.332 e. The van der Waals surface area contributed by atoms with Crippen molar-refractivity contribution in [1.29, 1.82) is 0 Å². The minimum atomic E-state index is 0.519. The Morgan fingerprint density at radius 2 is 1.94 bits per heavy atom. The van der Waals surface area contributed by atoms with E-state index in [0.717, 1.165) is 16.0 Å². The molecule has 2 N–H and O–H groups in total. The summed E-state index contributed by atoms with van der Waals surface area (Å²) in [6.45, 7) is 0. The molecule has 2 rings (SSSR count). The first kappa shape index (κ1) is 12.1. The number of nitrogens with zero attached hydrogens (tertiary/aromatic N) is 2. The fraction of sp³-hybridized carbons (Fsp3) is 0.0909. The Hall–Kier alpha value is -1.40. The van der Waals surface area contributed by atoms with Gasteiger partial charge in [-0.05, 0) is 36.5 Å². The van der Waals surface area contributed by atoms with Crippen molar-refractivity contribution in [3.63, 3.8) is 0 Å². The number of rotatable bonds is 2. The van der Waals surface area contributed by atoms with Crippen molar-refractivity contribution in [3.8, 4) is 0 Å². The lowest BCUT2D eigenvalue weighted by atomic mass is 10.3.